The summed E-state index contributed by atoms with van der Waals surface area (Å²) in [5.41, 5.74) is 0.0124. The molecule has 0 unspecified atom stereocenters. The number of nitrogens with one attached hydrogen (secondary N) is 1. The Morgan fingerprint density at radius 3 is 2.52 bits per heavy atom. The average molecular weight is 343 g/mol. The number of hydrogen-bond donors (Lipinski definition) is 2. The third-order valence-electron chi connectivity index (χ3n) is 4.20. The molecule has 128 valence electrons. The molecule has 1 fully saturated rings. The van der Waals surface area contributed by atoms with Gasteiger partial charge >= 0.3 is 0 Å². The minimum absolute atomic E-state index is 0.268. The molecule has 0 aliphatic heterocycles. The summed E-state index contributed by atoms with van der Waals surface area (Å²) in [5.74, 6) is 0.416. The number of primary sulfonamides is 1. The van der Waals surface area contributed by atoms with E-state index in [2.05, 4.69) is 5.32 Å². The summed E-state index contributed by atoms with van der Waals surface area (Å²) in [6.07, 6.45) is 4.25. The Hall–Kier alpha value is -1.71. The molecular formula is C14H21N3O5S. The number of nitrogens with zero attached hydrogens (tertiary/aromatic N) is 1. The van der Waals surface area contributed by atoms with E-state index in [0.717, 1.165) is 31.7 Å². The highest BCUT2D eigenvalue weighted by atomic mass is 32.2. The summed E-state index contributed by atoms with van der Waals surface area (Å²) in [4.78, 5) is 10.3. The zero-order valence-electron chi connectivity index (χ0n) is 12.9. The maximum absolute atomic E-state index is 11.3. The molecule has 0 aromatic heterocycles. The Kier molecular flexibility index (Phi) is 5.55. The molecule has 1 aromatic carbocycles. The van der Waals surface area contributed by atoms with E-state index < -0.39 is 14.9 Å². The van der Waals surface area contributed by atoms with Crippen LogP contribution in [-0.4, -0.2) is 33.1 Å². The smallest absolute Gasteiger partial charge is 0.293 e. The zero-order chi connectivity index (χ0) is 17.0. The van der Waals surface area contributed by atoms with E-state index in [-0.39, 0.29) is 10.6 Å². The van der Waals surface area contributed by atoms with Crippen molar-refractivity contribution in [2.45, 2.75) is 36.7 Å². The van der Waals surface area contributed by atoms with Crippen molar-refractivity contribution in [3.05, 3.63) is 28.3 Å². The van der Waals surface area contributed by atoms with Gasteiger partial charge in [-0.05, 0) is 43.7 Å². The van der Waals surface area contributed by atoms with E-state index in [1.165, 1.54) is 12.1 Å². The standard InChI is InChI=1S/C14H21N3O5S/c1-22-11-4-2-10(3-5-11)9-16-13-7-6-12(23(15,20)21)8-14(13)17(18)19/h6-8,10-11,16H,2-5,9H2,1H3,(H2,15,20,21)/t10-,11-. The molecule has 8 nitrogen and oxygen atoms in total. The predicted octanol–water partition coefficient (Wildman–Crippen LogP) is 1.86. The molecule has 0 heterocycles. The fourth-order valence-electron chi connectivity index (χ4n) is 2.81. The van der Waals surface area contributed by atoms with Crippen LogP contribution in [0.3, 0.4) is 0 Å². The second kappa shape index (κ2) is 7.24. The van der Waals surface area contributed by atoms with Gasteiger partial charge in [0.25, 0.3) is 5.69 Å². The van der Waals surface area contributed by atoms with Crippen LogP contribution in [0.4, 0.5) is 11.4 Å². The van der Waals surface area contributed by atoms with Crippen LogP contribution in [0.15, 0.2) is 23.1 Å². The number of sulfonamides is 1. The summed E-state index contributed by atoms with van der Waals surface area (Å²) >= 11 is 0. The van der Waals surface area contributed by atoms with Gasteiger partial charge in [-0.2, -0.15) is 0 Å². The van der Waals surface area contributed by atoms with Crippen molar-refractivity contribution in [1.29, 1.82) is 0 Å². The first kappa shape index (κ1) is 17.6. The fourth-order valence-corrected chi connectivity index (χ4v) is 3.35. The number of nitrogens with two attached hydrogens (primary N) is 1. The average Bonchev–Trinajstić information content (AvgIpc) is 2.52. The molecule has 1 aliphatic rings. The van der Waals surface area contributed by atoms with Crippen LogP contribution in [0, 0.1) is 16.0 Å². The highest BCUT2D eigenvalue weighted by Crippen LogP contribution is 2.30. The highest BCUT2D eigenvalue weighted by Gasteiger charge is 2.23. The van der Waals surface area contributed by atoms with Crippen LogP contribution in [0.5, 0.6) is 0 Å². The Morgan fingerprint density at radius 2 is 2.00 bits per heavy atom. The second-order valence-electron chi connectivity index (χ2n) is 5.74. The molecule has 1 saturated carbocycles. The summed E-state index contributed by atoms with van der Waals surface area (Å²) < 4.78 is 27.9. The third kappa shape index (κ3) is 4.63. The number of benzene rings is 1. The molecule has 0 atom stereocenters. The Bertz CT molecular complexity index is 669. The molecule has 9 heteroatoms. The maximum Gasteiger partial charge on any atom is 0.293 e. The molecule has 0 saturated heterocycles. The van der Waals surface area contributed by atoms with Gasteiger partial charge in [-0.15, -0.1) is 0 Å². The van der Waals surface area contributed by atoms with Crippen molar-refractivity contribution < 1.29 is 18.1 Å². The number of methoxy groups -OCH3 is 1. The van der Waals surface area contributed by atoms with Crippen molar-refractivity contribution in [2.24, 2.45) is 11.1 Å². The normalized spacial score (nSPS) is 21.8. The van der Waals surface area contributed by atoms with Crippen LogP contribution in [0.25, 0.3) is 0 Å². The number of anilines is 1. The predicted molar refractivity (Wildman–Crippen MR) is 85.7 cm³/mol. The van der Waals surface area contributed by atoms with Gasteiger partial charge in [0, 0.05) is 19.7 Å². The maximum atomic E-state index is 11.3. The van der Waals surface area contributed by atoms with Gasteiger partial charge in [0.2, 0.25) is 10.0 Å². The zero-order valence-corrected chi connectivity index (χ0v) is 13.7. The van der Waals surface area contributed by atoms with Gasteiger partial charge in [0.05, 0.1) is 15.9 Å². The molecule has 0 amide bonds. The van der Waals surface area contributed by atoms with Gasteiger partial charge in [0.1, 0.15) is 5.69 Å². The molecule has 0 bridgehead atoms. The summed E-state index contributed by atoms with van der Waals surface area (Å²) in [6.45, 7) is 0.603. The van der Waals surface area contributed by atoms with Crippen LogP contribution in [-0.2, 0) is 14.8 Å². The van der Waals surface area contributed by atoms with Crippen LogP contribution in [0.2, 0.25) is 0 Å². The Morgan fingerprint density at radius 1 is 1.35 bits per heavy atom. The lowest BCUT2D eigenvalue weighted by atomic mass is 9.87. The minimum atomic E-state index is -3.97. The van der Waals surface area contributed by atoms with Crippen LogP contribution < -0.4 is 10.5 Å². The molecule has 0 radical (unpaired) electrons. The SMILES string of the molecule is CO[C@H]1CC[C@H](CNc2ccc(S(N)(=O)=O)cc2[N+](=O)[O-])CC1. The van der Waals surface area contributed by atoms with E-state index in [9.17, 15) is 18.5 Å². The van der Waals surface area contributed by atoms with Gasteiger partial charge in [-0.1, -0.05) is 0 Å². The lowest BCUT2D eigenvalue weighted by molar-refractivity contribution is -0.384. The monoisotopic (exact) mass is 343 g/mol. The summed E-state index contributed by atoms with van der Waals surface area (Å²) in [7, 11) is -2.26. The van der Waals surface area contributed by atoms with Gasteiger partial charge < -0.3 is 10.1 Å². The van der Waals surface area contributed by atoms with Crippen LogP contribution in [0.1, 0.15) is 25.7 Å². The van der Waals surface area contributed by atoms with Gasteiger partial charge in [0.15, 0.2) is 0 Å². The molecule has 0 spiro atoms. The van der Waals surface area contributed by atoms with E-state index in [1.807, 2.05) is 0 Å². The molecule has 1 aromatic rings. The number of nitro groups is 1. The Balaban J connectivity index is 2.06. The van der Waals surface area contributed by atoms with Crippen molar-refractivity contribution in [2.75, 3.05) is 19.0 Å². The fraction of sp³-hybridized carbons (Fsp3) is 0.571. The third-order valence-corrected chi connectivity index (χ3v) is 5.11. The molecule has 3 N–H and O–H groups in total. The largest absolute Gasteiger partial charge is 0.381 e. The lowest BCUT2D eigenvalue weighted by Gasteiger charge is -2.27. The van der Waals surface area contributed by atoms with Gasteiger partial charge in [-0.3, -0.25) is 10.1 Å². The first-order chi connectivity index (χ1) is 10.8. The molecule has 1 aliphatic carbocycles. The second-order valence-corrected chi connectivity index (χ2v) is 7.30. The molecular weight excluding hydrogens is 322 g/mol. The number of ether oxygens (including phenoxy) is 1. The Labute approximate surface area is 135 Å². The van der Waals surface area contributed by atoms with Crippen molar-refractivity contribution in [3.63, 3.8) is 0 Å². The van der Waals surface area contributed by atoms with E-state index in [4.69, 9.17) is 9.88 Å². The number of hydrogen-bond acceptors (Lipinski definition) is 6. The van der Waals surface area contributed by atoms with Crippen molar-refractivity contribution in [1.82, 2.24) is 0 Å². The molecule has 23 heavy (non-hydrogen) atoms. The number of rotatable bonds is 6. The summed E-state index contributed by atoms with van der Waals surface area (Å²) in [6, 6.07) is 3.64. The van der Waals surface area contributed by atoms with Crippen LogP contribution >= 0.6 is 0 Å². The summed E-state index contributed by atoms with van der Waals surface area (Å²) in [5, 5.41) is 19.2. The van der Waals surface area contributed by atoms with E-state index in [1.54, 1.807) is 7.11 Å². The number of nitro benzene ring substituents is 1. The topological polar surface area (TPSA) is 125 Å². The lowest BCUT2D eigenvalue weighted by Crippen LogP contribution is -2.25. The quantitative estimate of drug-likeness (QED) is 0.600. The van der Waals surface area contributed by atoms with Crippen molar-refractivity contribution in [3.8, 4) is 0 Å². The first-order valence-electron chi connectivity index (χ1n) is 7.39. The van der Waals surface area contributed by atoms with Gasteiger partial charge in [-0.25, -0.2) is 13.6 Å². The van der Waals surface area contributed by atoms with Crippen molar-refractivity contribution >= 4 is 21.4 Å². The van der Waals surface area contributed by atoms with E-state index >= 15 is 0 Å². The minimum Gasteiger partial charge on any atom is -0.381 e. The van der Waals surface area contributed by atoms with E-state index in [0.29, 0.717) is 24.3 Å². The highest BCUT2D eigenvalue weighted by molar-refractivity contribution is 7.89. The first-order valence-corrected chi connectivity index (χ1v) is 8.94. The molecule has 2 rings (SSSR count).